The molecule has 2 rings (SSSR count). The van der Waals surface area contributed by atoms with Crippen molar-refractivity contribution in [3.63, 3.8) is 0 Å². The van der Waals surface area contributed by atoms with E-state index >= 15 is 0 Å². The maximum Gasteiger partial charge on any atom is 0.416 e. The molecule has 0 fully saturated rings. The number of hydrogen-bond donors (Lipinski definition) is 2. The topological polar surface area (TPSA) is 75.3 Å². The van der Waals surface area contributed by atoms with E-state index < -0.39 is 23.5 Å². The van der Waals surface area contributed by atoms with Crippen molar-refractivity contribution in [3.05, 3.63) is 29.6 Å². The number of benzene rings is 1. The van der Waals surface area contributed by atoms with E-state index in [4.69, 9.17) is 5.11 Å². The summed E-state index contributed by atoms with van der Waals surface area (Å²) < 4.78 is 37.3. The van der Waals surface area contributed by atoms with Crippen LogP contribution in [0.5, 0.6) is 0 Å². The molecule has 1 aromatic heterocycles. The summed E-state index contributed by atoms with van der Waals surface area (Å²) in [6.45, 7) is 0. The Morgan fingerprint density at radius 1 is 1.35 bits per heavy atom. The summed E-state index contributed by atoms with van der Waals surface area (Å²) in [6, 6.07) is 2.40. The van der Waals surface area contributed by atoms with Crippen molar-refractivity contribution in [1.82, 2.24) is 9.71 Å². The fourth-order valence-corrected chi connectivity index (χ4v) is 1.38. The number of aromatic nitrogens is 2. The van der Waals surface area contributed by atoms with E-state index in [2.05, 4.69) is 4.98 Å². The number of aromatic carboxylic acids is 1. The molecule has 5 nitrogen and oxygen atoms in total. The van der Waals surface area contributed by atoms with E-state index in [0.717, 1.165) is 12.1 Å². The number of imidazole rings is 1. The molecule has 0 radical (unpaired) electrons. The minimum Gasteiger partial charge on any atom is -0.475 e. The van der Waals surface area contributed by atoms with Gasteiger partial charge in [0.1, 0.15) is 5.52 Å². The van der Waals surface area contributed by atoms with E-state index in [1.807, 2.05) is 0 Å². The number of hydrogen-bond acceptors (Lipinski definition) is 3. The van der Waals surface area contributed by atoms with Crippen LogP contribution in [0.25, 0.3) is 11.0 Å². The molecular formula is C9H5F3N2O3. The van der Waals surface area contributed by atoms with E-state index in [1.165, 1.54) is 0 Å². The van der Waals surface area contributed by atoms with Crippen molar-refractivity contribution < 1.29 is 28.3 Å². The summed E-state index contributed by atoms with van der Waals surface area (Å²) in [5, 5.41) is 18.0. The van der Waals surface area contributed by atoms with Crippen LogP contribution in [-0.2, 0) is 6.18 Å². The molecule has 0 bridgehead atoms. The Hall–Kier alpha value is -2.25. The SMILES string of the molecule is O=C(O)c1nc2ccc(C(F)(F)F)cc2n1O. The molecule has 0 spiro atoms. The second kappa shape index (κ2) is 3.37. The zero-order valence-electron chi connectivity index (χ0n) is 8.06. The van der Waals surface area contributed by atoms with E-state index in [-0.39, 0.29) is 15.8 Å². The monoisotopic (exact) mass is 246 g/mol. The molecule has 2 N–H and O–H groups in total. The molecule has 8 heteroatoms. The fraction of sp³-hybridized carbons (Fsp3) is 0.111. The standard InChI is InChI=1S/C9H5F3N2O3/c10-9(11,12)4-1-2-5-6(3-4)14(17)7(13-5)8(15)16/h1-3,17H,(H,15,16). The Morgan fingerprint density at radius 2 is 2.00 bits per heavy atom. The average molecular weight is 246 g/mol. The molecule has 0 saturated carbocycles. The predicted molar refractivity (Wildman–Crippen MR) is 48.9 cm³/mol. The molecule has 0 aliphatic rings. The van der Waals surface area contributed by atoms with Crippen molar-refractivity contribution in [2.75, 3.05) is 0 Å². The minimum atomic E-state index is -4.57. The second-order valence-corrected chi connectivity index (χ2v) is 3.25. The third-order valence-electron chi connectivity index (χ3n) is 2.15. The summed E-state index contributed by atoms with van der Waals surface area (Å²) in [6.07, 6.45) is -4.57. The van der Waals surface area contributed by atoms with Crippen molar-refractivity contribution in [3.8, 4) is 0 Å². The van der Waals surface area contributed by atoms with Crippen LogP contribution < -0.4 is 0 Å². The molecule has 0 saturated heterocycles. The molecule has 1 aromatic carbocycles. The van der Waals surface area contributed by atoms with Gasteiger partial charge in [0.15, 0.2) is 0 Å². The van der Waals surface area contributed by atoms with E-state index in [9.17, 15) is 23.2 Å². The van der Waals surface area contributed by atoms with Crippen LogP contribution in [0, 0.1) is 0 Å². The lowest BCUT2D eigenvalue weighted by atomic mass is 10.2. The molecule has 0 aliphatic heterocycles. The molecule has 2 aromatic rings. The predicted octanol–water partition coefficient (Wildman–Crippen LogP) is 1.99. The van der Waals surface area contributed by atoms with Crippen LogP contribution in [0.15, 0.2) is 18.2 Å². The summed E-state index contributed by atoms with van der Waals surface area (Å²) in [4.78, 5) is 14.1. The maximum absolute atomic E-state index is 12.4. The first kappa shape index (κ1) is 11.2. The molecule has 17 heavy (non-hydrogen) atoms. The molecule has 0 atom stereocenters. The van der Waals surface area contributed by atoms with Crippen molar-refractivity contribution in [2.45, 2.75) is 6.18 Å². The van der Waals surface area contributed by atoms with Gasteiger partial charge in [0, 0.05) is 0 Å². The van der Waals surface area contributed by atoms with Crippen LogP contribution >= 0.6 is 0 Å². The molecular weight excluding hydrogens is 241 g/mol. The highest BCUT2D eigenvalue weighted by Gasteiger charge is 2.31. The molecule has 0 unspecified atom stereocenters. The Morgan fingerprint density at radius 3 is 2.53 bits per heavy atom. The van der Waals surface area contributed by atoms with Gasteiger partial charge < -0.3 is 10.3 Å². The summed E-state index contributed by atoms with van der Waals surface area (Å²) >= 11 is 0. The van der Waals surface area contributed by atoms with Gasteiger partial charge in [-0.15, -0.1) is 0 Å². The smallest absolute Gasteiger partial charge is 0.416 e. The minimum absolute atomic E-state index is 0.0297. The number of alkyl halides is 3. The van der Waals surface area contributed by atoms with Gasteiger partial charge in [0.2, 0.25) is 0 Å². The highest BCUT2D eigenvalue weighted by molar-refractivity contribution is 5.89. The van der Waals surface area contributed by atoms with E-state index in [1.54, 1.807) is 0 Å². The van der Waals surface area contributed by atoms with Gasteiger partial charge in [-0.2, -0.15) is 17.9 Å². The van der Waals surface area contributed by atoms with Crippen molar-refractivity contribution in [2.24, 2.45) is 0 Å². The first-order valence-corrected chi connectivity index (χ1v) is 4.33. The van der Waals surface area contributed by atoms with Crippen molar-refractivity contribution >= 4 is 17.0 Å². The normalized spacial score (nSPS) is 11.9. The maximum atomic E-state index is 12.4. The highest BCUT2D eigenvalue weighted by atomic mass is 19.4. The fourth-order valence-electron chi connectivity index (χ4n) is 1.38. The third-order valence-corrected chi connectivity index (χ3v) is 2.15. The van der Waals surface area contributed by atoms with Gasteiger partial charge in [-0.25, -0.2) is 9.78 Å². The molecule has 0 aliphatic carbocycles. The number of carboxylic acid groups (broad SMARTS) is 1. The average Bonchev–Trinajstić information content (AvgIpc) is 2.54. The second-order valence-electron chi connectivity index (χ2n) is 3.25. The highest BCUT2D eigenvalue weighted by Crippen LogP contribution is 2.31. The van der Waals surface area contributed by atoms with Crippen LogP contribution in [0.3, 0.4) is 0 Å². The number of fused-ring (bicyclic) bond motifs is 1. The van der Waals surface area contributed by atoms with Crippen molar-refractivity contribution in [1.29, 1.82) is 0 Å². The van der Waals surface area contributed by atoms with Gasteiger partial charge in [-0.3, -0.25) is 0 Å². The van der Waals surface area contributed by atoms with Crippen LogP contribution in [0.4, 0.5) is 13.2 Å². The third kappa shape index (κ3) is 1.77. The van der Waals surface area contributed by atoms with Gasteiger partial charge in [-0.05, 0) is 18.2 Å². The molecule has 1 heterocycles. The largest absolute Gasteiger partial charge is 0.475 e. The Labute approximate surface area is 91.7 Å². The summed E-state index contributed by atoms with van der Waals surface area (Å²) in [7, 11) is 0. The number of rotatable bonds is 1. The lowest BCUT2D eigenvalue weighted by Crippen LogP contribution is -2.07. The first-order chi connectivity index (χ1) is 7.80. The number of carbonyl (C=O) groups is 1. The van der Waals surface area contributed by atoms with Gasteiger partial charge in [-0.1, -0.05) is 0 Å². The molecule has 90 valence electrons. The zero-order chi connectivity index (χ0) is 12.8. The van der Waals surface area contributed by atoms with Crippen LogP contribution in [0.2, 0.25) is 0 Å². The quantitative estimate of drug-likeness (QED) is 0.754. The Kier molecular flexibility index (Phi) is 2.23. The van der Waals surface area contributed by atoms with Gasteiger partial charge >= 0.3 is 12.1 Å². The first-order valence-electron chi connectivity index (χ1n) is 4.33. The van der Waals surface area contributed by atoms with E-state index in [0.29, 0.717) is 6.07 Å². The molecule has 0 amide bonds. The van der Waals surface area contributed by atoms with Crippen LogP contribution in [-0.4, -0.2) is 26.0 Å². The van der Waals surface area contributed by atoms with Gasteiger partial charge in [0.05, 0.1) is 11.1 Å². The summed E-state index contributed by atoms with van der Waals surface area (Å²) in [5.41, 5.74) is -1.33. The number of nitrogens with zero attached hydrogens (tertiary/aromatic N) is 2. The number of halogens is 3. The Balaban J connectivity index is 2.70. The number of carboxylic acids is 1. The Bertz CT molecular complexity index is 603. The lowest BCUT2D eigenvalue weighted by Gasteiger charge is -2.05. The lowest BCUT2D eigenvalue weighted by molar-refractivity contribution is -0.137. The summed E-state index contributed by atoms with van der Waals surface area (Å²) in [5.74, 6) is -2.27. The van der Waals surface area contributed by atoms with Gasteiger partial charge in [0.25, 0.3) is 5.82 Å². The van der Waals surface area contributed by atoms with Crippen LogP contribution in [0.1, 0.15) is 16.2 Å². The zero-order valence-corrected chi connectivity index (χ0v) is 8.06.